The molecule has 2 aromatic carbocycles. The molecule has 1 heterocycles. The molecule has 1 aliphatic rings. The largest absolute Gasteiger partial charge is 0.274 e. The molecule has 1 aromatic heterocycles. The van der Waals surface area contributed by atoms with Crippen molar-refractivity contribution >= 4 is 23.4 Å². The fourth-order valence-corrected chi connectivity index (χ4v) is 3.69. The maximum absolute atomic E-state index is 5.96. The molecule has 0 spiro atoms. The minimum Gasteiger partial charge on any atom is -0.274 e. The summed E-state index contributed by atoms with van der Waals surface area (Å²) in [6, 6.07) is 16.6. The summed E-state index contributed by atoms with van der Waals surface area (Å²) in [7, 11) is 0. The van der Waals surface area contributed by atoms with Crippen molar-refractivity contribution in [1.29, 1.82) is 0 Å². The van der Waals surface area contributed by atoms with Crippen LogP contribution in [0.15, 0.2) is 53.7 Å². The van der Waals surface area contributed by atoms with E-state index in [1.54, 1.807) is 11.8 Å². The zero-order chi connectivity index (χ0) is 16.5. The topological polar surface area (TPSA) is 30.7 Å². The van der Waals surface area contributed by atoms with E-state index in [1.807, 2.05) is 12.1 Å². The van der Waals surface area contributed by atoms with Crippen molar-refractivity contribution in [2.24, 2.45) is 0 Å². The van der Waals surface area contributed by atoms with Gasteiger partial charge in [0.15, 0.2) is 5.16 Å². The quantitative estimate of drug-likeness (QED) is 0.574. The van der Waals surface area contributed by atoms with E-state index in [0.29, 0.717) is 5.92 Å². The van der Waals surface area contributed by atoms with Gasteiger partial charge in [-0.3, -0.25) is 4.57 Å². The lowest BCUT2D eigenvalue weighted by Gasteiger charge is -2.10. The number of aromatic nitrogens is 3. The van der Waals surface area contributed by atoms with Gasteiger partial charge in [-0.05, 0) is 49.6 Å². The molecule has 1 saturated carbocycles. The van der Waals surface area contributed by atoms with Gasteiger partial charge < -0.3 is 0 Å². The standard InChI is InChI=1S/C19H18ClN3S/c1-13-2-10-17(11-3-13)23-18(15-6-7-15)21-22-19(23)24-12-14-4-8-16(20)9-5-14/h2-5,8-11,15H,6-7,12H2,1H3. The van der Waals surface area contributed by atoms with Crippen LogP contribution >= 0.6 is 23.4 Å². The van der Waals surface area contributed by atoms with Crippen molar-refractivity contribution in [1.82, 2.24) is 14.8 Å². The first-order chi connectivity index (χ1) is 11.7. The summed E-state index contributed by atoms with van der Waals surface area (Å²) in [6.45, 7) is 2.11. The van der Waals surface area contributed by atoms with E-state index in [9.17, 15) is 0 Å². The molecule has 3 nitrogen and oxygen atoms in total. The highest BCUT2D eigenvalue weighted by Crippen LogP contribution is 2.41. The van der Waals surface area contributed by atoms with Crippen molar-refractivity contribution in [3.63, 3.8) is 0 Å². The van der Waals surface area contributed by atoms with Crippen LogP contribution in [0.3, 0.4) is 0 Å². The Hall–Kier alpha value is -1.78. The Balaban J connectivity index is 1.62. The molecule has 1 aliphatic carbocycles. The van der Waals surface area contributed by atoms with E-state index in [1.165, 1.54) is 24.0 Å². The molecule has 0 N–H and O–H groups in total. The smallest absolute Gasteiger partial charge is 0.196 e. The number of halogens is 1. The van der Waals surface area contributed by atoms with Gasteiger partial charge in [0.25, 0.3) is 0 Å². The normalized spacial score (nSPS) is 14.1. The first kappa shape index (κ1) is 15.7. The van der Waals surface area contributed by atoms with Crippen molar-refractivity contribution < 1.29 is 0 Å². The summed E-state index contributed by atoms with van der Waals surface area (Å²) in [5.74, 6) is 2.51. The fourth-order valence-electron chi connectivity index (χ4n) is 2.65. The second-order valence-electron chi connectivity index (χ2n) is 6.20. The summed E-state index contributed by atoms with van der Waals surface area (Å²) in [5.41, 5.74) is 3.64. The van der Waals surface area contributed by atoms with Crippen molar-refractivity contribution in [3.8, 4) is 5.69 Å². The van der Waals surface area contributed by atoms with Crippen LogP contribution in [0, 0.1) is 6.92 Å². The monoisotopic (exact) mass is 355 g/mol. The Morgan fingerprint density at radius 3 is 2.42 bits per heavy atom. The zero-order valence-corrected chi connectivity index (χ0v) is 15.0. The van der Waals surface area contributed by atoms with E-state index >= 15 is 0 Å². The van der Waals surface area contributed by atoms with Gasteiger partial charge in [-0.2, -0.15) is 0 Å². The summed E-state index contributed by atoms with van der Waals surface area (Å²) in [4.78, 5) is 0. The van der Waals surface area contributed by atoms with Gasteiger partial charge in [0, 0.05) is 22.4 Å². The fraction of sp³-hybridized carbons (Fsp3) is 0.263. The lowest BCUT2D eigenvalue weighted by Crippen LogP contribution is -2.01. The third-order valence-electron chi connectivity index (χ3n) is 4.17. The molecule has 0 atom stereocenters. The van der Waals surface area contributed by atoms with Crippen LogP contribution in [0.25, 0.3) is 5.69 Å². The first-order valence-corrected chi connectivity index (χ1v) is 9.46. The van der Waals surface area contributed by atoms with Crippen LogP contribution in [0.1, 0.15) is 35.7 Å². The zero-order valence-electron chi connectivity index (χ0n) is 13.4. The first-order valence-electron chi connectivity index (χ1n) is 8.10. The maximum Gasteiger partial charge on any atom is 0.196 e. The number of nitrogens with zero attached hydrogens (tertiary/aromatic N) is 3. The number of benzene rings is 2. The van der Waals surface area contributed by atoms with E-state index in [4.69, 9.17) is 11.6 Å². The summed E-state index contributed by atoms with van der Waals surface area (Å²) >= 11 is 7.68. The Morgan fingerprint density at radius 2 is 1.75 bits per heavy atom. The molecule has 3 aromatic rings. The van der Waals surface area contributed by atoms with E-state index < -0.39 is 0 Å². The van der Waals surface area contributed by atoms with Crippen LogP contribution < -0.4 is 0 Å². The van der Waals surface area contributed by atoms with Crippen LogP contribution in [-0.4, -0.2) is 14.8 Å². The van der Waals surface area contributed by atoms with Crippen LogP contribution in [0.2, 0.25) is 5.02 Å². The molecule has 0 saturated heterocycles. The third-order valence-corrected chi connectivity index (χ3v) is 5.43. The van der Waals surface area contributed by atoms with E-state index in [0.717, 1.165) is 27.4 Å². The van der Waals surface area contributed by atoms with Crippen LogP contribution in [0.5, 0.6) is 0 Å². The lowest BCUT2D eigenvalue weighted by molar-refractivity contribution is 0.829. The van der Waals surface area contributed by atoms with Gasteiger partial charge in [0.2, 0.25) is 0 Å². The summed E-state index contributed by atoms with van der Waals surface area (Å²) in [6.07, 6.45) is 2.43. The van der Waals surface area contributed by atoms with E-state index in [-0.39, 0.29) is 0 Å². The number of rotatable bonds is 5. The Bertz CT molecular complexity index is 836. The maximum atomic E-state index is 5.96. The molecule has 0 bridgehead atoms. The average Bonchev–Trinajstić information content (AvgIpc) is 3.35. The second-order valence-corrected chi connectivity index (χ2v) is 7.58. The van der Waals surface area contributed by atoms with Gasteiger partial charge in [0.1, 0.15) is 5.82 Å². The number of hydrogen-bond acceptors (Lipinski definition) is 3. The molecule has 0 unspecified atom stereocenters. The summed E-state index contributed by atoms with van der Waals surface area (Å²) < 4.78 is 2.22. The van der Waals surface area contributed by atoms with Gasteiger partial charge in [-0.15, -0.1) is 10.2 Å². The summed E-state index contributed by atoms with van der Waals surface area (Å²) in [5, 5.41) is 10.7. The Kier molecular flexibility index (Phi) is 4.33. The molecular weight excluding hydrogens is 338 g/mol. The number of hydrogen-bond donors (Lipinski definition) is 0. The average molecular weight is 356 g/mol. The SMILES string of the molecule is Cc1ccc(-n2c(SCc3ccc(Cl)cc3)nnc2C2CC2)cc1. The highest BCUT2D eigenvalue weighted by molar-refractivity contribution is 7.98. The van der Waals surface area contributed by atoms with Crippen LogP contribution in [0.4, 0.5) is 0 Å². The van der Waals surface area contributed by atoms with Gasteiger partial charge in [0.05, 0.1) is 0 Å². The van der Waals surface area contributed by atoms with Gasteiger partial charge >= 0.3 is 0 Å². The predicted molar refractivity (Wildman–Crippen MR) is 99.1 cm³/mol. The Morgan fingerprint density at radius 1 is 1.04 bits per heavy atom. The number of aryl methyl sites for hydroxylation is 1. The number of thioether (sulfide) groups is 1. The third kappa shape index (κ3) is 3.35. The molecule has 0 radical (unpaired) electrons. The van der Waals surface area contributed by atoms with Crippen molar-refractivity contribution in [2.75, 3.05) is 0 Å². The van der Waals surface area contributed by atoms with Crippen LogP contribution in [-0.2, 0) is 5.75 Å². The molecule has 0 aliphatic heterocycles. The van der Waals surface area contributed by atoms with Crippen molar-refractivity contribution in [3.05, 3.63) is 70.5 Å². The van der Waals surface area contributed by atoms with Gasteiger partial charge in [-0.1, -0.05) is 53.2 Å². The molecule has 4 rings (SSSR count). The second kappa shape index (κ2) is 6.61. The van der Waals surface area contributed by atoms with Gasteiger partial charge in [-0.25, -0.2) is 0 Å². The predicted octanol–water partition coefficient (Wildman–Crippen LogP) is 5.40. The highest BCUT2D eigenvalue weighted by Gasteiger charge is 2.31. The molecule has 1 fully saturated rings. The Labute approximate surface area is 151 Å². The molecule has 0 amide bonds. The highest BCUT2D eigenvalue weighted by atomic mass is 35.5. The van der Waals surface area contributed by atoms with E-state index in [2.05, 4.69) is 58.1 Å². The molecule has 24 heavy (non-hydrogen) atoms. The minimum absolute atomic E-state index is 0.559. The molecular formula is C19H18ClN3S. The van der Waals surface area contributed by atoms with Crippen molar-refractivity contribution in [2.45, 2.75) is 36.6 Å². The molecule has 5 heteroatoms. The molecule has 122 valence electrons. The minimum atomic E-state index is 0.559. The lowest BCUT2D eigenvalue weighted by atomic mass is 10.2.